The Balaban J connectivity index is 1.65. The van der Waals surface area contributed by atoms with Gasteiger partial charge in [-0.15, -0.1) is 0 Å². The monoisotopic (exact) mass is 383 g/mol. The highest BCUT2D eigenvalue weighted by Gasteiger charge is 2.67. The van der Waals surface area contributed by atoms with Gasteiger partial charge in [0.05, 0.1) is 0 Å². The average Bonchev–Trinajstić information content (AvgIpc) is 2.92. The van der Waals surface area contributed by atoms with Gasteiger partial charge in [-0.3, -0.25) is 9.69 Å². The number of rotatable bonds is 7. The Morgan fingerprint density at radius 2 is 1.96 bits per heavy atom. The minimum absolute atomic E-state index is 0.249. The number of hydrogen-bond acceptors (Lipinski definition) is 3. The van der Waals surface area contributed by atoms with Gasteiger partial charge in [0.15, 0.2) is 0 Å². The summed E-state index contributed by atoms with van der Waals surface area (Å²) in [4.78, 5) is 16.2. The number of nitrogens with zero attached hydrogens (tertiary/aromatic N) is 1. The van der Waals surface area contributed by atoms with Crippen molar-refractivity contribution in [2.45, 2.75) is 58.7 Å². The molecule has 1 aromatic carbocycles. The van der Waals surface area contributed by atoms with Crippen molar-refractivity contribution in [2.75, 3.05) is 19.6 Å². The average molecular weight is 384 g/mol. The number of likely N-dealkylation sites (tertiary alicyclic amines) is 1. The summed E-state index contributed by atoms with van der Waals surface area (Å²) in [5.41, 5.74) is 0.949. The van der Waals surface area contributed by atoms with Crippen molar-refractivity contribution < 1.29 is 4.79 Å². The van der Waals surface area contributed by atoms with Crippen molar-refractivity contribution in [2.24, 2.45) is 29.6 Å². The number of benzene rings is 1. The van der Waals surface area contributed by atoms with Crippen LogP contribution in [0.1, 0.15) is 46.1 Å². The number of nitrogens with one attached hydrogen (secondary N) is 2. The molecule has 1 aromatic rings. The molecule has 4 heteroatoms. The fraction of sp³-hybridized carbons (Fsp3) is 0.708. The predicted molar refractivity (Wildman–Crippen MR) is 114 cm³/mol. The SMILES string of the molecule is CC(C)CNC(=O)C12NCC3CC1CN(Cc1ccccc1)[C@H]2C3CC(C)C. The Morgan fingerprint density at radius 1 is 1.21 bits per heavy atom. The summed E-state index contributed by atoms with van der Waals surface area (Å²) in [7, 11) is 0. The van der Waals surface area contributed by atoms with Gasteiger partial charge >= 0.3 is 0 Å². The van der Waals surface area contributed by atoms with Crippen LogP contribution in [0.15, 0.2) is 30.3 Å². The van der Waals surface area contributed by atoms with Gasteiger partial charge in [-0.05, 0) is 48.6 Å². The number of carbonyl (C=O) groups excluding carboxylic acids is 1. The van der Waals surface area contributed by atoms with E-state index < -0.39 is 5.54 Å². The van der Waals surface area contributed by atoms with Crippen LogP contribution in [0.3, 0.4) is 0 Å². The molecule has 1 aliphatic carbocycles. The van der Waals surface area contributed by atoms with E-state index in [-0.39, 0.29) is 5.91 Å². The molecule has 28 heavy (non-hydrogen) atoms. The highest BCUT2D eigenvalue weighted by Crippen LogP contribution is 2.54. The van der Waals surface area contributed by atoms with Crippen LogP contribution >= 0.6 is 0 Å². The molecule has 0 aromatic heterocycles. The van der Waals surface area contributed by atoms with E-state index in [9.17, 15) is 4.79 Å². The molecule has 1 amide bonds. The van der Waals surface area contributed by atoms with Gasteiger partial charge in [-0.25, -0.2) is 0 Å². The van der Waals surface area contributed by atoms with Crippen LogP contribution in [0.5, 0.6) is 0 Å². The second-order valence-corrected chi connectivity index (χ2v) is 10.2. The van der Waals surface area contributed by atoms with Crippen LogP contribution in [-0.4, -0.2) is 42.0 Å². The van der Waals surface area contributed by atoms with Crippen LogP contribution in [0.2, 0.25) is 0 Å². The molecule has 5 atom stereocenters. The first kappa shape index (κ1) is 19.9. The van der Waals surface area contributed by atoms with Crippen LogP contribution < -0.4 is 10.6 Å². The van der Waals surface area contributed by atoms with Crippen molar-refractivity contribution in [3.05, 3.63) is 35.9 Å². The van der Waals surface area contributed by atoms with Crippen molar-refractivity contribution in [3.8, 4) is 0 Å². The topological polar surface area (TPSA) is 44.4 Å². The second kappa shape index (κ2) is 7.79. The molecule has 3 heterocycles. The Morgan fingerprint density at radius 3 is 2.64 bits per heavy atom. The first-order valence-corrected chi connectivity index (χ1v) is 11.2. The maximum absolute atomic E-state index is 13.6. The Labute approximate surface area is 170 Å². The minimum Gasteiger partial charge on any atom is -0.354 e. The molecule has 4 bridgehead atoms. The summed E-state index contributed by atoms with van der Waals surface area (Å²) in [6.07, 6.45) is 2.41. The lowest BCUT2D eigenvalue weighted by Crippen LogP contribution is -2.76. The number of hydrogen-bond donors (Lipinski definition) is 2. The summed E-state index contributed by atoms with van der Waals surface area (Å²) >= 11 is 0. The van der Waals surface area contributed by atoms with E-state index in [2.05, 4.69) is 73.6 Å². The molecule has 4 aliphatic rings. The van der Waals surface area contributed by atoms with Gasteiger partial charge in [0.1, 0.15) is 5.54 Å². The van der Waals surface area contributed by atoms with Crippen LogP contribution in [0.25, 0.3) is 0 Å². The van der Waals surface area contributed by atoms with E-state index in [1.165, 1.54) is 18.4 Å². The highest BCUT2D eigenvalue weighted by molar-refractivity contribution is 5.89. The van der Waals surface area contributed by atoms with Gasteiger partial charge in [0.25, 0.3) is 0 Å². The van der Waals surface area contributed by atoms with Crippen LogP contribution in [0.4, 0.5) is 0 Å². The summed E-state index contributed by atoms with van der Waals surface area (Å²) in [6.45, 7) is 12.7. The van der Waals surface area contributed by atoms with Crippen LogP contribution in [0, 0.1) is 29.6 Å². The molecule has 3 aliphatic heterocycles. The number of carbonyl (C=O) groups is 1. The quantitative estimate of drug-likeness (QED) is 0.759. The molecule has 5 rings (SSSR count). The minimum atomic E-state index is -0.405. The van der Waals surface area contributed by atoms with Gasteiger partial charge in [0.2, 0.25) is 5.91 Å². The van der Waals surface area contributed by atoms with Crippen molar-refractivity contribution in [3.63, 3.8) is 0 Å². The second-order valence-electron chi connectivity index (χ2n) is 10.2. The number of piperidine rings is 2. The normalized spacial score (nSPS) is 34.4. The lowest BCUT2D eigenvalue weighted by Gasteiger charge is -2.56. The third-order valence-corrected chi connectivity index (χ3v) is 7.23. The van der Waals surface area contributed by atoms with Crippen LogP contribution in [-0.2, 0) is 11.3 Å². The zero-order valence-electron chi connectivity index (χ0n) is 17.9. The van der Waals surface area contributed by atoms with E-state index in [0.717, 1.165) is 26.2 Å². The Kier molecular flexibility index (Phi) is 5.54. The number of amides is 1. The van der Waals surface area contributed by atoms with E-state index in [4.69, 9.17) is 0 Å². The lowest BCUT2D eigenvalue weighted by atomic mass is 9.58. The van der Waals surface area contributed by atoms with E-state index >= 15 is 0 Å². The third-order valence-electron chi connectivity index (χ3n) is 7.23. The Hall–Kier alpha value is -1.39. The largest absolute Gasteiger partial charge is 0.354 e. The molecule has 2 N–H and O–H groups in total. The number of fused-ring (bicyclic) bond motifs is 1. The molecule has 0 spiro atoms. The van der Waals surface area contributed by atoms with Gasteiger partial charge in [0, 0.05) is 31.6 Å². The molecule has 0 radical (unpaired) electrons. The lowest BCUT2D eigenvalue weighted by molar-refractivity contribution is -0.139. The first-order chi connectivity index (χ1) is 13.4. The van der Waals surface area contributed by atoms with Crippen molar-refractivity contribution in [1.29, 1.82) is 0 Å². The van der Waals surface area contributed by atoms with Gasteiger partial charge in [-0.1, -0.05) is 58.0 Å². The van der Waals surface area contributed by atoms with E-state index in [0.29, 0.717) is 35.6 Å². The Bertz CT molecular complexity index is 688. The highest BCUT2D eigenvalue weighted by atomic mass is 16.2. The fourth-order valence-corrected chi connectivity index (χ4v) is 6.21. The van der Waals surface area contributed by atoms with Crippen molar-refractivity contribution >= 4 is 5.91 Å². The molecule has 4 unspecified atom stereocenters. The standard InChI is InChI=1S/C24H37N3O/c1-16(2)10-21-19-11-20-15-27(14-18-8-6-5-7-9-18)22(21)24(20,26-13-19)23(28)25-12-17(3)4/h5-9,16-17,19-22,26H,10-15H2,1-4H3,(H,25,28)/t19?,20?,21?,22-,24?/m0/s1. The first-order valence-electron chi connectivity index (χ1n) is 11.2. The zero-order chi connectivity index (χ0) is 19.9. The molecule has 4 nitrogen and oxygen atoms in total. The molecule has 1 saturated carbocycles. The van der Waals surface area contributed by atoms with Gasteiger partial charge < -0.3 is 10.6 Å². The smallest absolute Gasteiger partial charge is 0.242 e. The molecular weight excluding hydrogens is 346 g/mol. The maximum Gasteiger partial charge on any atom is 0.242 e. The fourth-order valence-electron chi connectivity index (χ4n) is 6.21. The van der Waals surface area contributed by atoms with Gasteiger partial charge in [-0.2, -0.15) is 0 Å². The molecule has 154 valence electrons. The summed E-state index contributed by atoms with van der Waals surface area (Å²) in [6, 6.07) is 11.1. The maximum atomic E-state index is 13.6. The molecular formula is C24H37N3O. The third kappa shape index (κ3) is 3.39. The van der Waals surface area contributed by atoms with E-state index in [1.54, 1.807) is 0 Å². The summed E-state index contributed by atoms with van der Waals surface area (Å²) < 4.78 is 0. The van der Waals surface area contributed by atoms with Crippen molar-refractivity contribution in [1.82, 2.24) is 15.5 Å². The van der Waals surface area contributed by atoms with E-state index in [1.807, 2.05) is 0 Å². The summed E-state index contributed by atoms with van der Waals surface area (Å²) in [5.74, 6) is 3.13. The molecule has 4 fully saturated rings. The zero-order valence-corrected chi connectivity index (χ0v) is 17.9. The predicted octanol–water partition coefficient (Wildman–Crippen LogP) is 3.28. The molecule has 3 saturated heterocycles. The summed E-state index contributed by atoms with van der Waals surface area (Å²) in [5, 5.41) is 7.08.